The molecule has 19 heteroatoms. The molecule has 0 saturated heterocycles. The maximum absolute atomic E-state index is 13.0. The summed E-state index contributed by atoms with van der Waals surface area (Å²) in [6, 6.07) is 0. The Kier molecular flexibility index (Phi) is 59.7. The quantitative estimate of drug-likeness (QED) is 0.0169. The Bertz CT molecular complexity index is 1860. The van der Waals surface area contributed by atoms with Gasteiger partial charge < -0.3 is 33.8 Å². The minimum Gasteiger partial charge on any atom is -0.462 e. The van der Waals surface area contributed by atoms with Crippen molar-refractivity contribution in [1.29, 1.82) is 0 Å². The molecule has 0 saturated carbocycles. The van der Waals surface area contributed by atoms with Crippen molar-refractivity contribution in [3.05, 3.63) is 24.3 Å². The van der Waals surface area contributed by atoms with Crippen molar-refractivity contribution in [2.24, 2.45) is 17.8 Å². The SMILES string of the molecule is CCCCCC/C=C\C=C/CCCCCCCC(=O)OC[C@H](COP(=O)(O)OCC(O)COP(=O)(O)OC[C@@H](COC(=O)CCCCCCCCCCC(C)C)OC(=O)CCCCCCCCCCCC(C)C)OC(=O)CCCCCCCCCCC(C)CC. The van der Waals surface area contributed by atoms with Crippen LogP contribution in [0.1, 0.15) is 331 Å². The predicted molar refractivity (Wildman–Crippen MR) is 363 cm³/mol. The van der Waals surface area contributed by atoms with Crippen LogP contribution in [0.2, 0.25) is 0 Å². The molecule has 4 unspecified atom stereocenters. The molecule has 0 aromatic rings. The number of aliphatic hydroxyl groups excluding tert-OH is 1. The average Bonchev–Trinajstić information content (AvgIpc) is 3.50. The van der Waals surface area contributed by atoms with Gasteiger partial charge in [0.1, 0.15) is 19.3 Å². The Morgan fingerprint density at radius 1 is 0.367 bits per heavy atom. The summed E-state index contributed by atoms with van der Waals surface area (Å²) in [6.45, 7) is 11.7. The normalized spacial score (nSPS) is 14.7. The van der Waals surface area contributed by atoms with E-state index in [0.29, 0.717) is 25.7 Å². The van der Waals surface area contributed by atoms with Crippen LogP contribution in [0.5, 0.6) is 0 Å². The van der Waals surface area contributed by atoms with Gasteiger partial charge in [-0.15, -0.1) is 0 Å². The first kappa shape index (κ1) is 87.5. The molecule has 0 amide bonds. The second-order valence-electron chi connectivity index (χ2n) is 26.1. The van der Waals surface area contributed by atoms with Crippen LogP contribution in [-0.2, 0) is 65.4 Å². The van der Waals surface area contributed by atoms with Crippen molar-refractivity contribution >= 4 is 39.5 Å². The molecule has 0 fully saturated rings. The van der Waals surface area contributed by atoms with Gasteiger partial charge in [0, 0.05) is 25.7 Å². The van der Waals surface area contributed by atoms with Gasteiger partial charge in [-0.3, -0.25) is 37.3 Å². The molecule has 3 N–H and O–H groups in total. The van der Waals surface area contributed by atoms with E-state index in [1.807, 2.05) is 0 Å². The van der Waals surface area contributed by atoms with Gasteiger partial charge in [-0.05, 0) is 69.1 Å². The molecule has 0 aliphatic carbocycles. The summed E-state index contributed by atoms with van der Waals surface area (Å²) in [5, 5.41) is 10.6. The van der Waals surface area contributed by atoms with Gasteiger partial charge in [0.25, 0.3) is 0 Å². The van der Waals surface area contributed by atoms with Crippen LogP contribution in [0.3, 0.4) is 0 Å². The maximum Gasteiger partial charge on any atom is 0.472 e. The summed E-state index contributed by atoms with van der Waals surface area (Å²) in [6.07, 6.45) is 48.0. The van der Waals surface area contributed by atoms with Crippen LogP contribution in [0.25, 0.3) is 0 Å². The molecular formula is C71H134O17P2. The van der Waals surface area contributed by atoms with Gasteiger partial charge in [0.15, 0.2) is 12.2 Å². The summed E-state index contributed by atoms with van der Waals surface area (Å²) in [5.41, 5.74) is 0. The van der Waals surface area contributed by atoms with Gasteiger partial charge in [-0.2, -0.15) is 0 Å². The minimum atomic E-state index is -4.96. The highest BCUT2D eigenvalue weighted by Gasteiger charge is 2.30. The Balaban J connectivity index is 5.29. The minimum absolute atomic E-state index is 0.0976. The summed E-state index contributed by atoms with van der Waals surface area (Å²) in [5.74, 6) is 0.0680. The van der Waals surface area contributed by atoms with Crippen LogP contribution < -0.4 is 0 Å². The zero-order valence-electron chi connectivity index (χ0n) is 58.1. The fourth-order valence-electron chi connectivity index (χ4n) is 10.1. The lowest BCUT2D eigenvalue weighted by atomic mass is 9.99. The molecule has 0 aliphatic rings. The zero-order chi connectivity index (χ0) is 66.6. The van der Waals surface area contributed by atoms with Gasteiger partial charge >= 0.3 is 39.5 Å². The highest BCUT2D eigenvalue weighted by molar-refractivity contribution is 7.47. The number of hydrogen-bond donors (Lipinski definition) is 3. The smallest absolute Gasteiger partial charge is 0.462 e. The summed E-state index contributed by atoms with van der Waals surface area (Å²) < 4.78 is 68.3. The Hall–Kier alpha value is -2.46. The molecule has 0 bridgehead atoms. The van der Waals surface area contributed by atoms with Crippen LogP contribution in [0.15, 0.2) is 24.3 Å². The lowest BCUT2D eigenvalue weighted by Crippen LogP contribution is -2.30. The molecular weight excluding hydrogens is 1190 g/mol. The molecule has 0 aromatic carbocycles. The number of carbonyl (C=O) groups excluding carboxylic acids is 4. The molecule has 0 rings (SSSR count). The number of phosphoric ester groups is 2. The number of phosphoric acid groups is 2. The van der Waals surface area contributed by atoms with Gasteiger partial charge in [-0.25, -0.2) is 9.13 Å². The molecule has 0 aromatic heterocycles. The van der Waals surface area contributed by atoms with Crippen molar-refractivity contribution in [1.82, 2.24) is 0 Å². The first-order valence-corrected chi connectivity index (χ1v) is 39.2. The molecule has 530 valence electrons. The monoisotopic (exact) mass is 1320 g/mol. The number of esters is 4. The third-order valence-corrected chi connectivity index (χ3v) is 18.0. The Morgan fingerprint density at radius 2 is 0.656 bits per heavy atom. The number of ether oxygens (including phenoxy) is 4. The lowest BCUT2D eigenvalue weighted by molar-refractivity contribution is -0.161. The number of allylic oxidation sites excluding steroid dienone is 4. The first-order chi connectivity index (χ1) is 43.3. The van der Waals surface area contributed by atoms with E-state index >= 15 is 0 Å². The van der Waals surface area contributed by atoms with Crippen LogP contribution in [0, 0.1) is 17.8 Å². The zero-order valence-corrected chi connectivity index (χ0v) is 59.9. The standard InChI is InChI=1S/C71H134O17P2/c1-8-10-11-12-13-14-15-16-17-18-19-22-31-38-45-52-68(73)81-58-67(88-71(76)55-48-41-34-27-25-30-37-44-51-64(7)9-2)61-86-90(79,80)84-57-65(72)56-83-89(77,78)85-60-66(59-82-69(74)53-46-39-32-26-24-29-36-43-50-63(5)6)87-70(75)54-47-40-33-23-20-21-28-35-42-49-62(3)4/h14-17,62-67,72H,8-13,18-61H2,1-7H3,(H,77,78)(H,79,80)/b15-14-,17-16-/t64?,65?,66-,67-/m1/s1. The molecule has 0 radical (unpaired) electrons. The van der Waals surface area contributed by atoms with E-state index in [1.165, 1.54) is 122 Å². The average molecular weight is 1320 g/mol. The van der Waals surface area contributed by atoms with Gasteiger partial charge in [0.05, 0.1) is 26.4 Å². The Labute approximate surface area is 548 Å². The summed E-state index contributed by atoms with van der Waals surface area (Å²) >= 11 is 0. The second kappa shape index (κ2) is 61.4. The third kappa shape index (κ3) is 63.0. The van der Waals surface area contributed by atoms with E-state index in [4.69, 9.17) is 37.0 Å². The van der Waals surface area contributed by atoms with E-state index in [1.54, 1.807) is 0 Å². The number of carbonyl (C=O) groups is 4. The highest BCUT2D eigenvalue weighted by Crippen LogP contribution is 2.45. The fourth-order valence-corrected chi connectivity index (χ4v) is 11.7. The first-order valence-electron chi connectivity index (χ1n) is 36.2. The predicted octanol–water partition coefficient (Wildman–Crippen LogP) is 19.8. The van der Waals surface area contributed by atoms with Crippen molar-refractivity contribution in [3.63, 3.8) is 0 Å². The highest BCUT2D eigenvalue weighted by atomic mass is 31.2. The van der Waals surface area contributed by atoms with Gasteiger partial charge in [-0.1, -0.05) is 278 Å². The van der Waals surface area contributed by atoms with Crippen LogP contribution >= 0.6 is 15.6 Å². The van der Waals surface area contributed by atoms with Gasteiger partial charge in [0.2, 0.25) is 0 Å². The molecule has 6 atom stereocenters. The van der Waals surface area contributed by atoms with Crippen molar-refractivity contribution in [2.45, 2.75) is 349 Å². The number of aliphatic hydroxyl groups is 1. The van der Waals surface area contributed by atoms with E-state index in [2.05, 4.69) is 72.8 Å². The number of hydrogen-bond acceptors (Lipinski definition) is 15. The third-order valence-electron chi connectivity index (χ3n) is 16.1. The largest absolute Gasteiger partial charge is 0.472 e. The topological polar surface area (TPSA) is 237 Å². The van der Waals surface area contributed by atoms with Crippen molar-refractivity contribution in [3.8, 4) is 0 Å². The van der Waals surface area contributed by atoms with E-state index < -0.39 is 97.5 Å². The van der Waals surface area contributed by atoms with E-state index in [9.17, 15) is 43.2 Å². The Morgan fingerprint density at radius 3 is 0.989 bits per heavy atom. The molecule has 17 nitrogen and oxygen atoms in total. The summed E-state index contributed by atoms with van der Waals surface area (Å²) in [4.78, 5) is 72.6. The lowest BCUT2D eigenvalue weighted by Gasteiger charge is -2.21. The fraction of sp³-hybridized carbons (Fsp3) is 0.887. The molecule has 0 heterocycles. The number of rotatable bonds is 67. The van der Waals surface area contributed by atoms with Crippen LogP contribution in [-0.4, -0.2) is 96.7 Å². The molecule has 0 spiro atoms. The molecule has 0 aliphatic heterocycles. The van der Waals surface area contributed by atoms with E-state index in [-0.39, 0.29) is 25.7 Å². The van der Waals surface area contributed by atoms with Crippen LogP contribution in [0.4, 0.5) is 0 Å². The summed E-state index contributed by atoms with van der Waals surface area (Å²) in [7, 11) is -9.91. The second-order valence-corrected chi connectivity index (χ2v) is 29.0. The van der Waals surface area contributed by atoms with E-state index in [0.717, 1.165) is 127 Å². The molecule has 90 heavy (non-hydrogen) atoms. The van der Waals surface area contributed by atoms with Crippen molar-refractivity contribution < 1.29 is 80.2 Å². The number of unbranched alkanes of at least 4 members (excludes halogenated alkanes) is 31. The van der Waals surface area contributed by atoms with Crippen molar-refractivity contribution in [2.75, 3.05) is 39.6 Å². The maximum atomic E-state index is 13.0.